The molecule has 0 spiro atoms. The van der Waals surface area contributed by atoms with Crippen molar-refractivity contribution in [2.45, 2.75) is 44.9 Å². The SMILES string of the molecule is C[N+]1(C)CCN(CCCOCCCCCN2CCOc3cc(N)ccc32)CC1.C[N+]1(CCOCCCCCN2CCOc3cc(N)ccc32)CCOCC1. The highest BCUT2D eigenvalue weighted by molar-refractivity contribution is 5.65. The summed E-state index contributed by atoms with van der Waals surface area (Å²) in [5, 5.41) is 0. The minimum absolute atomic E-state index is 0.738. The minimum Gasteiger partial charge on any atom is -0.489 e. The van der Waals surface area contributed by atoms with E-state index in [2.05, 4.69) is 48.0 Å². The molecule has 12 heteroatoms. The van der Waals surface area contributed by atoms with Gasteiger partial charge in [-0.15, -0.1) is 0 Å². The highest BCUT2D eigenvalue weighted by Crippen LogP contribution is 2.34. The highest BCUT2D eigenvalue weighted by Gasteiger charge is 2.25. The van der Waals surface area contributed by atoms with Crippen LogP contribution in [0.25, 0.3) is 0 Å². The number of fused-ring (bicyclic) bond motifs is 2. The molecule has 2 aromatic carbocycles. The zero-order valence-corrected chi connectivity index (χ0v) is 34.0. The Labute approximate surface area is 326 Å². The number of unbranched alkanes of at least 4 members (excludes halogenated alkanes) is 4. The quantitative estimate of drug-likeness (QED) is 0.120. The molecule has 0 atom stereocenters. The molecule has 12 nitrogen and oxygen atoms in total. The number of benzene rings is 2. The summed E-state index contributed by atoms with van der Waals surface area (Å²) in [6.45, 7) is 20.3. The fourth-order valence-electron chi connectivity index (χ4n) is 7.58. The zero-order chi connectivity index (χ0) is 38.1. The van der Waals surface area contributed by atoms with Crippen molar-refractivity contribution in [1.29, 1.82) is 0 Å². The Morgan fingerprint density at radius 1 is 0.574 bits per heavy atom. The standard InChI is InChI=1S/C22H39N4O2.C20H34N3O3/c1-26(2)14-11-24(12-15-26)9-6-17-27-16-5-3-4-10-25-13-18-28-22-19-20(23)7-8-21(22)25;1-23(10-15-25-16-11-23)9-14-24-12-4-2-3-7-22-8-13-26-20-17-18(21)5-6-19(20)22/h7-8,19H,3-6,9-18,23H2,1-2H3;5-6,17H,2-4,7-16,21H2,1H3/q2*+1. The number of likely N-dealkylation sites (N-methyl/N-ethyl adjacent to an activating group) is 2. The van der Waals surface area contributed by atoms with Crippen molar-refractivity contribution in [2.75, 3.05) is 174 Å². The number of ether oxygens (including phenoxy) is 5. The number of hydrogen-bond donors (Lipinski definition) is 2. The summed E-state index contributed by atoms with van der Waals surface area (Å²) in [7, 11) is 6.96. The third-order valence-electron chi connectivity index (χ3n) is 11.5. The number of hydrogen-bond acceptors (Lipinski definition) is 10. The molecule has 304 valence electrons. The van der Waals surface area contributed by atoms with E-state index in [1.165, 1.54) is 69.8 Å². The normalized spacial score (nSPS) is 19.2. The summed E-state index contributed by atoms with van der Waals surface area (Å²) < 4.78 is 30.8. The molecular formula is C42H73N7O5+2. The van der Waals surface area contributed by atoms with Crippen molar-refractivity contribution < 1.29 is 32.7 Å². The zero-order valence-electron chi connectivity index (χ0n) is 34.0. The van der Waals surface area contributed by atoms with E-state index >= 15 is 0 Å². The maximum Gasteiger partial charge on any atom is 0.144 e. The van der Waals surface area contributed by atoms with Crippen LogP contribution in [-0.2, 0) is 14.2 Å². The summed E-state index contributed by atoms with van der Waals surface area (Å²) in [5.74, 6) is 1.84. The maximum atomic E-state index is 5.86. The second-order valence-electron chi connectivity index (χ2n) is 16.5. The van der Waals surface area contributed by atoms with Gasteiger partial charge in [-0.1, -0.05) is 0 Å². The molecule has 2 fully saturated rings. The third kappa shape index (κ3) is 14.3. The number of anilines is 4. The number of nitrogen functional groups attached to an aromatic ring is 2. The van der Waals surface area contributed by atoms with E-state index in [-0.39, 0.29) is 0 Å². The lowest BCUT2D eigenvalue weighted by Gasteiger charge is -2.39. The first-order valence-electron chi connectivity index (χ1n) is 20.9. The van der Waals surface area contributed by atoms with Gasteiger partial charge < -0.3 is 53.9 Å². The first-order valence-corrected chi connectivity index (χ1v) is 20.9. The van der Waals surface area contributed by atoms with Gasteiger partial charge in [-0.2, -0.15) is 0 Å². The van der Waals surface area contributed by atoms with Gasteiger partial charge in [0.25, 0.3) is 0 Å². The van der Waals surface area contributed by atoms with Gasteiger partial charge in [0.15, 0.2) is 0 Å². The Morgan fingerprint density at radius 2 is 1.09 bits per heavy atom. The molecule has 4 heterocycles. The molecule has 0 amide bonds. The van der Waals surface area contributed by atoms with Crippen molar-refractivity contribution in [2.24, 2.45) is 0 Å². The van der Waals surface area contributed by atoms with E-state index in [9.17, 15) is 0 Å². The smallest absolute Gasteiger partial charge is 0.144 e. The molecule has 0 saturated carbocycles. The van der Waals surface area contributed by atoms with E-state index in [0.717, 1.165) is 150 Å². The van der Waals surface area contributed by atoms with E-state index in [0.29, 0.717) is 0 Å². The first-order chi connectivity index (χ1) is 26.2. The van der Waals surface area contributed by atoms with Crippen molar-refractivity contribution in [3.05, 3.63) is 36.4 Å². The predicted octanol–water partition coefficient (Wildman–Crippen LogP) is 4.57. The predicted molar refractivity (Wildman–Crippen MR) is 221 cm³/mol. The molecule has 54 heavy (non-hydrogen) atoms. The Hall–Kier alpha value is -3.00. The molecule has 0 aromatic heterocycles. The summed E-state index contributed by atoms with van der Waals surface area (Å²) in [5.41, 5.74) is 15.6. The molecule has 4 aliphatic heterocycles. The molecule has 0 radical (unpaired) electrons. The Kier molecular flexibility index (Phi) is 17.1. The monoisotopic (exact) mass is 756 g/mol. The summed E-state index contributed by atoms with van der Waals surface area (Å²) in [6.07, 6.45) is 8.21. The molecule has 2 saturated heterocycles. The van der Waals surface area contributed by atoms with Crippen LogP contribution in [0.5, 0.6) is 11.5 Å². The molecule has 6 rings (SSSR count). The number of nitrogens with zero attached hydrogens (tertiary/aromatic N) is 5. The lowest BCUT2D eigenvalue weighted by atomic mass is 10.2. The van der Waals surface area contributed by atoms with Gasteiger partial charge in [0, 0.05) is 76.1 Å². The van der Waals surface area contributed by atoms with Crippen LogP contribution < -0.4 is 30.7 Å². The number of rotatable bonds is 19. The van der Waals surface area contributed by atoms with Crippen LogP contribution in [0.15, 0.2) is 36.4 Å². The molecule has 2 aromatic rings. The third-order valence-corrected chi connectivity index (χ3v) is 11.5. The topological polar surface area (TPSA) is 108 Å². The summed E-state index contributed by atoms with van der Waals surface area (Å²) >= 11 is 0. The molecule has 0 aliphatic carbocycles. The van der Waals surface area contributed by atoms with Crippen LogP contribution >= 0.6 is 0 Å². The van der Waals surface area contributed by atoms with E-state index in [1.54, 1.807) is 0 Å². The first kappa shape index (κ1) is 42.1. The summed E-state index contributed by atoms with van der Waals surface area (Å²) in [4.78, 5) is 7.40. The van der Waals surface area contributed by atoms with Crippen molar-refractivity contribution >= 4 is 22.7 Å². The van der Waals surface area contributed by atoms with Gasteiger partial charge >= 0.3 is 0 Å². The molecular weight excluding hydrogens is 683 g/mol. The van der Waals surface area contributed by atoms with E-state index < -0.39 is 0 Å². The lowest BCUT2D eigenvalue weighted by Crippen LogP contribution is -2.54. The largest absolute Gasteiger partial charge is 0.489 e. The second kappa shape index (κ2) is 21.9. The van der Waals surface area contributed by atoms with Crippen LogP contribution in [0.2, 0.25) is 0 Å². The average molecular weight is 756 g/mol. The van der Waals surface area contributed by atoms with Gasteiger partial charge in [0.2, 0.25) is 0 Å². The number of morpholine rings is 1. The Balaban J connectivity index is 0.000000208. The minimum atomic E-state index is 0.738. The number of quaternary nitrogens is 2. The molecule has 4 aliphatic rings. The van der Waals surface area contributed by atoms with Crippen molar-refractivity contribution in [3.8, 4) is 11.5 Å². The van der Waals surface area contributed by atoms with Crippen molar-refractivity contribution in [1.82, 2.24) is 4.90 Å². The molecule has 0 bridgehead atoms. The van der Waals surface area contributed by atoms with Crippen LogP contribution in [0.4, 0.5) is 22.7 Å². The average Bonchev–Trinajstić information content (AvgIpc) is 3.16. The Morgan fingerprint density at radius 3 is 1.65 bits per heavy atom. The number of piperazine rings is 1. The maximum absolute atomic E-state index is 5.86. The number of nitrogens with two attached hydrogens (primary N) is 2. The van der Waals surface area contributed by atoms with Gasteiger partial charge in [-0.25, -0.2) is 0 Å². The second-order valence-corrected chi connectivity index (χ2v) is 16.5. The highest BCUT2D eigenvalue weighted by atomic mass is 16.5. The van der Waals surface area contributed by atoms with E-state index in [4.69, 9.17) is 35.2 Å². The van der Waals surface area contributed by atoms with Crippen LogP contribution in [0, 0.1) is 0 Å². The van der Waals surface area contributed by atoms with Gasteiger partial charge in [0.05, 0.1) is 78.5 Å². The van der Waals surface area contributed by atoms with Crippen LogP contribution in [0.3, 0.4) is 0 Å². The van der Waals surface area contributed by atoms with Crippen LogP contribution in [0.1, 0.15) is 44.9 Å². The summed E-state index contributed by atoms with van der Waals surface area (Å²) in [6, 6.07) is 11.9. The Bertz CT molecular complexity index is 1360. The fraction of sp³-hybridized carbons (Fsp3) is 0.714. The fourth-order valence-corrected chi connectivity index (χ4v) is 7.58. The van der Waals surface area contributed by atoms with Gasteiger partial charge in [0.1, 0.15) is 44.3 Å². The van der Waals surface area contributed by atoms with Crippen LogP contribution in [-0.4, -0.2) is 166 Å². The molecule has 0 unspecified atom stereocenters. The van der Waals surface area contributed by atoms with E-state index in [1.807, 2.05) is 24.3 Å². The van der Waals surface area contributed by atoms with Gasteiger partial charge in [-0.3, -0.25) is 4.90 Å². The molecule has 4 N–H and O–H groups in total. The lowest BCUT2D eigenvalue weighted by molar-refractivity contribution is -0.917. The van der Waals surface area contributed by atoms with Gasteiger partial charge in [-0.05, 0) is 69.2 Å². The van der Waals surface area contributed by atoms with Crippen molar-refractivity contribution in [3.63, 3.8) is 0 Å².